The first-order chi connectivity index (χ1) is 12.6. The second kappa shape index (κ2) is 8.01. The molecule has 1 N–H and O–H groups in total. The number of nitrogens with one attached hydrogen (secondary N) is 1. The van der Waals surface area contributed by atoms with Gasteiger partial charge in [0.15, 0.2) is 0 Å². The van der Waals surface area contributed by atoms with Crippen LogP contribution in [0.2, 0.25) is 0 Å². The summed E-state index contributed by atoms with van der Waals surface area (Å²) >= 11 is 0. The SMILES string of the molecule is COCC1(C(=O)N2CCN(c3ccccc3[N+](=O)[O-])CC2)CCNCC1. The van der Waals surface area contributed by atoms with Crippen LogP contribution < -0.4 is 10.2 Å². The highest BCUT2D eigenvalue weighted by Gasteiger charge is 2.43. The van der Waals surface area contributed by atoms with Crippen LogP contribution in [0.25, 0.3) is 0 Å². The maximum atomic E-state index is 13.2. The highest BCUT2D eigenvalue weighted by molar-refractivity contribution is 5.83. The van der Waals surface area contributed by atoms with Crippen LogP contribution in [-0.2, 0) is 9.53 Å². The summed E-state index contributed by atoms with van der Waals surface area (Å²) < 4.78 is 5.37. The molecule has 0 aromatic heterocycles. The van der Waals surface area contributed by atoms with Crippen molar-refractivity contribution < 1.29 is 14.5 Å². The van der Waals surface area contributed by atoms with Crippen LogP contribution in [0.1, 0.15) is 12.8 Å². The Morgan fingerprint density at radius 2 is 1.88 bits per heavy atom. The van der Waals surface area contributed by atoms with Crippen LogP contribution in [0.15, 0.2) is 24.3 Å². The van der Waals surface area contributed by atoms with E-state index in [1.807, 2.05) is 15.9 Å². The number of nitrogens with zero attached hydrogens (tertiary/aromatic N) is 3. The van der Waals surface area contributed by atoms with E-state index in [4.69, 9.17) is 4.74 Å². The number of rotatable bonds is 5. The number of carbonyl (C=O) groups excluding carboxylic acids is 1. The molecule has 3 rings (SSSR count). The average Bonchev–Trinajstić information content (AvgIpc) is 2.68. The van der Waals surface area contributed by atoms with Gasteiger partial charge in [-0.1, -0.05) is 12.1 Å². The molecule has 2 saturated heterocycles. The summed E-state index contributed by atoms with van der Waals surface area (Å²) in [6.45, 7) is 4.43. The third-order valence-electron chi connectivity index (χ3n) is 5.42. The number of methoxy groups -OCH3 is 1. The summed E-state index contributed by atoms with van der Waals surface area (Å²) in [6, 6.07) is 6.78. The van der Waals surface area contributed by atoms with E-state index in [2.05, 4.69) is 5.32 Å². The lowest BCUT2D eigenvalue weighted by molar-refractivity contribution is -0.384. The van der Waals surface area contributed by atoms with Gasteiger partial charge in [-0.3, -0.25) is 14.9 Å². The van der Waals surface area contributed by atoms with Crippen molar-refractivity contribution in [1.29, 1.82) is 0 Å². The van der Waals surface area contributed by atoms with Crippen LogP contribution in [0.3, 0.4) is 0 Å². The Balaban J connectivity index is 1.68. The normalized spacial score (nSPS) is 20.0. The van der Waals surface area contributed by atoms with Crippen LogP contribution >= 0.6 is 0 Å². The summed E-state index contributed by atoms with van der Waals surface area (Å²) in [5, 5.41) is 14.6. The maximum Gasteiger partial charge on any atom is 0.292 e. The summed E-state index contributed by atoms with van der Waals surface area (Å²) in [6.07, 6.45) is 1.56. The number of piperidine rings is 1. The second-order valence-corrected chi connectivity index (χ2v) is 6.99. The van der Waals surface area contributed by atoms with Crippen molar-refractivity contribution in [3.8, 4) is 0 Å². The Morgan fingerprint density at radius 1 is 1.23 bits per heavy atom. The molecular weight excluding hydrogens is 336 g/mol. The average molecular weight is 362 g/mol. The zero-order valence-electron chi connectivity index (χ0n) is 15.1. The lowest BCUT2D eigenvalue weighted by atomic mass is 9.78. The van der Waals surface area contributed by atoms with E-state index in [1.165, 1.54) is 6.07 Å². The van der Waals surface area contributed by atoms with Crippen molar-refractivity contribution in [1.82, 2.24) is 10.2 Å². The molecule has 0 aliphatic carbocycles. The molecule has 0 bridgehead atoms. The monoisotopic (exact) mass is 362 g/mol. The number of anilines is 1. The Bertz CT molecular complexity index is 647. The van der Waals surface area contributed by atoms with E-state index in [0.717, 1.165) is 25.9 Å². The van der Waals surface area contributed by atoms with Gasteiger partial charge < -0.3 is 19.9 Å². The van der Waals surface area contributed by atoms with E-state index < -0.39 is 5.41 Å². The molecule has 0 spiro atoms. The molecule has 142 valence electrons. The largest absolute Gasteiger partial charge is 0.384 e. The van der Waals surface area contributed by atoms with Crippen LogP contribution in [-0.4, -0.2) is 68.7 Å². The van der Waals surface area contributed by atoms with Gasteiger partial charge in [0.2, 0.25) is 5.91 Å². The van der Waals surface area contributed by atoms with Crippen molar-refractivity contribution >= 4 is 17.3 Å². The van der Waals surface area contributed by atoms with E-state index in [-0.39, 0.29) is 16.5 Å². The molecular formula is C18H26N4O4. The fourth-order valence-electron chi connectivity index (χ4n) is 3.97. The number of nitro groups is 1. The number of para-hydroxylation sites is 2. The minimum absolute atomic E-state index is 0.112. The zero-order valence-corrected chi connectivity index (χ0v) is 15.1. The minimum atomic E-state index is -0.444. The molecule has 1 amide bonds. The van der Waals surface area contributed by atoms with E-state index in [0.29, 0.717) is 38.5 Å². The molecule has 2 heterocycles. The van der Waals surface area contributed by atoms with E-state index in [1.54, 1.807) is 19.2 Å². The van der Waals surface area contributed by atoms with Gasteiger partial charge in [-0.05, 0) is 32.0 Å². The molecule has 0 radical (unpaired) electrons. The summed E-state index contributed by atoms with van der Waals surface area (Å²) in [5.74, 6) is 0.156. The van der Waals surface area contributed by atoms with Crippen molar-refractivity contribution in [2.75, 3.05) is 57.9 Å². The maximum absolute atomic E-state index is 13.2. The molecule has 1 aromatic carbocycles. The fraction of sp³-hybridized carbons (Fsp3) is 0.611. The number of hydrogen-bond acceptors (Lipinski definition) is 6. The molecule has 1 aromatic rings. The van der Waals surface area contributed by atoms with E-state index in [9.17, 15) is 14.9 Å². The smallest absolute Gasteiger partial charge is 0.292 e. The first kappa shape index (κ1) is 18.6. The van der Waals surface area contributed by atoms with Crippen LogP contribution in [0.5, 0.6) is 0 Å². The highest BCUT2D eigenvalue weighted by atomic mass is 16.6. The predicted molar refractivity (Wildman–Crippen MR) is 98.3 cm³/mol. The quantitative estimate of drug-likeness (QED) is 0.627. The summed E-state index contributed by atoms with van der Waals surface area (Å²) in [5.41, 5.74) is 0.292. The van der Waals surface area contributed by atoms with Gasteiger partial charge in [0.05, 0.1) is 16.9 Å². The topological polar surface area (TPSA) is 88.0 Å². The predicted octanol–water partition coefficient (Wildman–Crippen LogP) is 1.26. The van der Waals surface area contributed by atoms with Crippen LogP contribution in [0, 0.1) is 15.5 Å². The molecule has 0 atom stereocenters. The Morgan fingerprint density at radius 3 is 2.50 bits per heavy atom. The highest BCUT2D eigenvalue weighted by Crippen LogP contribution is 2.33. The summed E-state index contributed by atoms with van der Waals surface area (Å²) in [7, 11) is 1.64. The minimum Gasteiger partial charge on any atom is -0.384 e. The number of hydrogen-bond donors (Lipinski definition) is 1. The van der Waals surface area contributed by atoms with Crippen LogP contribution in [0.4, 0.5) is 11.4 Å². The molecule has 26 heavy (non-hydrogen) atoms. The lowest BCUT2D eigenvalue weighted by Crippen LogP contribution is -2.56. The number of amides is 1. The fourth-order valence-corrected chi connectivity index (χ4v) is 3.97. The number of nitro benzene ring substituents is 1. The standard InChI is InChI=1S/C18H26N4O4/c1-26-14-18(6-8-19-9-7-18)17(23)21-12-10-20(11-13-21)15-4-2-3-5-16(15)22(24)25/h2-5,19H,6-14H2,1H3. The van der Waals surface area contributed by atoms with Gasteiger partial charge in [0.25, 0.3) is 5.69 Å². The molecule has 2 aliphatic heterocycles. The van der Waals surface area contributed by atoms with Crippen molar-refractivity contribution in [3.63, 3.8) is 0 Å². The molecule has 2 fully saturated rings. The number of ether oxygens (including phenoxy) is 1. The third kappa shape index (κ3) is 3.66. The number of benzene rings is 1. The summed E-state index contributed by atoms with van der Waals surface area (Å²) in [4.78, 5) is 28.0. The van der Waals surface area contributed by atoms with Gasteiger partial charge in [0, 0.05) is 39.4 Å². The number of piperazine rings is 1. The Hall–Kier alpha value is -2.19. The van der Waals surface area contributed by atoms with Gasteiger partial charge in [-0.15, -0.1) is 0 Å². The van der Waals surface area contributed by atoms with Gasteiger partial charge in [0.1, 0.15) is 5.69 Å². The molecule has 2 aliphatic rings. The Labute approximate surface area is 153 Å². The second-order valence-electron chi connectivity index (χ2n) is 6.99. The zero-order chi connectivity index (χ0) is 18.6. The van der Waals surface area contributed by atoms with Gasteiger partial charge in [-0.25, -0.2) is 0 Å². The van der Waals surface area contributed by atoms with E-state index >= 15 is 0 Å². The lowest BCUT2D eigenvalue weighted by Gasteiger charge is -2.43. The first-order valence-electron chi connectivity index (χ1n) is 9.05. The van der Waals surface area contributed by atoms with Crippen molar-refractivity contribution in [2.45, 2.75) is 12.8 Å². The first-order valence-corrected chi connectivity index (χ1v) is 9.05. The molecule has 0 saturated carbocycles. The number of carbonyl (C=O) groups is 1. The van der Waals surface area contributed by atoms with Crippen molar-refractivity contribution in [3.05, 3.63) is 34.4 Å². The Kier molecular flexibility index (Phi) is 5.73. The van der Waals surface area contributed by atoms with Gasteiger partial charge in [-0.2, -0.15) is 0 Å². The van der Waals surface area contributed by atoms with Crippen molar-refractivity contribution in [2.24, 2.45) is 5.41 Å². The molecule has 0 unspecified atom stereocenters. The molecule has 8 nitrogen and oxygen atoms in total. The third-order valence-corrected chi connectivity index (χ3v) is 5.42. The van der Waals surface area contributed by atoms with Gasteiger partial charge >= 0.3 is 0 Å². The molecule has 8 heteroatoms.